The van der Waals surface area contributed by atoms with Crippen LogP contribution in [0.5, 0.6) is 5.75 Å². The van der Waals surface area contributed by atoms with Crippen molar-refractivity contribution in [3.63, 3.8) is 0 Å². The average molecular weight is 365 g/mol. The summed E-state index contributed by atoms with van der Waals surface area (Å²) in [6, 6.07) is 16.2. The molecule has 3 rings (SSSR count). The standard InChI is InChI=1S/C22H27N3O2/c1-3-22(26)23-16-21-24-18-11-5-6-12-19(18)25(21)14-8-9-15-27-20-13-7-4-10-17(20)2/h4-7,10-13H,3,8-9,14-16H2,1-2H3,(H,23,26). The number of fused-ring (bicyclic) bond motifs is 1. The molecule has 1 N–H and O–H groups in total. The fourth-order valence-electron chi connectivity index (χ4n) is 3.08. The van der Waals surface area contributed by atoms with Gasteiger partial charge < -0.3 is 14.6 Å². The topological polar surface area (TPSA) is 56.2 Å². The molecule has 0 radical (unpaired) electrons. The SMILES string of the molecule is CCC(=O)NCc1nc2ccccc2n1CCCCOc1ccccc1C. The third-order valence-electron chi connectivity index (χ3n) is 4.63. The van der Waals surface area contributed by atoms with Crippen molar-refractivity contribution in [3.8, 4) is 5.75 Å². The van der Waals surface area contributed by atoms with E-state index >= 15 is 0 Å². The van der Waals surface area contributed by atoms with Crippen molar-refractivity contribution >= 4 is 16.9 Å². The van der Waals surface area contributed by atoms with Gasteiger partial charge in [0.1, 0.15) is 11.6 Å². The second-order valence-electron chi connectivity index (χ2n) is 6.62. The number of benzene rings is 2. The molecule has 27 heavy (non-hydrogen) atoms. The highest BCUT2D eigenvalue weighted by molar-refractivity contribution is 5.77. The van der Waals surface area contributed by atoms with Gasteiger partial charge in [0.05, 0.1) is 24.2 Å². The van der Waals surface area contributed by atoms with E-state index in [0.29, 0.717) is 19.6 Å². The number of unbranched alkanes of at least 4 members (excludes halogenated alkanes) is 1. The van der Waals surface area contributed by atoms with Crippen LogP contribution in [0.3, 0.4) is 0 Å². The number of carbonyl (C=O) groups excluding carboxylic acids is 1. The van der Waals surface area contributed by atoms with E-state index in [-0.39, 0.29) is 5.91 Å². The predicted molar refractivity (Wildman–Crippen MR) is 108 cm³/mol. The number of ether oxygens (including phenoxy) is 1. The van der Waals surface area contributed by atoms with Crippen molar-refractivity contribution in [2.45, 2.75) is 46.2 Å². The lowest BCUT2D eigenvalue weighted by atomic mass is 10.2. The molecule has 0 saturated heterocycles. The molecule has 0 atom stereocenters. The molecule has 2 aromatic carbocycles. The van der Waals surface area contributed by atoms with Crippen LogP contribution in [0.25, 0.3) is 11.0 Å². The third-order valence-corrected chi connectivity index (χ3v) is 4.63. The van der Waals surface area contributed by atoms with E-state index in [9.17, 15) is 4.79 Å². The molecule has 0 spiro atoms. The fourth-order valence-corrected chi connectivity index (χ4v) is 3.08. The van der Waals surface area contributed by atoms with Gasteiger partial charge in [-0.25, -0.2) is 4.98 Å². The van der Waals surface area contributed by atoms with Gasteiger partial charge in [-0.1, -0.05) is 37.3 Å². The first kappa shape index (κ1) is 19.0. The molecular formula is C22H27N3O2. The molecule has 0 aliphatic heterocycles. The van der Waals surface area contributed by atoms with Gasteiger partial charge in [-0.2, -0.15) is 0 Å². The molecule has 0 fully saturated rings. The van der Waals surface area contributed by atoms with Gasteiger partial charge >= 0.3 is 0 Å². The number of hydrogen-bond donors (Lipinski definition) is 1. The fraction of sp³-hybridized carbons (Fsp3) is 0.364. The Labute approximate surface area is 160 Å². The van der Waals surface area contributed by atoms with E-state index < -0.39 is 0 Å². The zero-order chi connectivity index (χ0) is 19.1. The molecule has 1 aromatic heterocycles. The number of rotatable bonds is 9. The number of aromatic nitrogens is 2. The van der Waals surface area contributed by atoms with Crippen molar-refractivity contribution < 1.29 is 9.53 Å². The number of nitrogens with one attached hydrogen (secondary N) is 1. The summed E-state index contributed by atoms with van der Waals surface area (Å²) in [7, 11) is 0. The highest BCUT2D eigenvalue weighted by Crippen LogP contribution is 2.18. The monoisotopic (exact) mass is 365 g/mol. The number of amides is 1. The summed E-state index contributed by atoms with van der Waals surface area (Å²) in [5, 5.41) is 2.93. The Kier molecular flexibility index (Phi) is 6.47. The lowest BCUT2D eigenvalue weighted by Crippen LogP contribution is -2.23. The molecule has 1 amide bonds. The maximum absolute atomic E-state index is 11.6. The molecule has 0 bridgehead atoms. The molecule has 3 aromatic rings. The minimum absolute atomic E-state index is 0.0419. The normalized spacial score (nSPS) is 10.9. The van der Waals surface area contributed by atoms with Gasteiger partial charge in [-0.05, 0) is 43.5 Å². The molecule has 0 saturated carbocycles. The van der Waals surface area contributed by atoms with Crippen LogP contribution in [0, 0.1) is 6.92 Å². The molecule has 142 valence electrons. The van der Waals surface area contributed by atoms with Crippen LogP contribution in [-0.4, -0.2) is 22.1 Å². The van der Waals surface area contributed by atoms with Crippen LogP contribution in [0.1, 0.15) is 37.6 Å². The highest BCUT2D eigenvalue weighted by Gasteiger charge is 2.11. The Morgan fingerprint density at radius 3 is 2.70 bits per heavy atom. The van der Waals surface area contributed by atoms with E-state index in [1.807, 2.05) is 43.3 Å². The number of para-hydroxylation sites is 3. The number of hydrogen-bond acceptors (Lipinski definition) is 3. The Bertz CT molecular complexity index is 901. The molecule has 0 unspecified atom stereocenters. The van der Waals surface area contributed by atoms with E-state index in [1.165, 1.54) is 0 Å². The molecule has 0 aliphatic rings. The number of carbonyl (C=O) groups is 1. The van der Waals surface area contributed by atoms with Crippen molar-refractivity contribution in [1.29, 1.82) is 0 Å². The van der Waals surface area contributed by atoms with Crippen LogP contribution >= 0.6 is 0 Å². The van der Waals surface area contributed by atoms with E-state index in [0.717, 1.165) is 47.6 Å². The summed E-state index contributed by atoms with van der Waals surface area (Å²) in [5.41, 5.74) is 3.24. The second-order valence-corrected chi connectivity index (χ2v) is 6.62. The van der Waals surface area contributed by atoms with Gasteiger partial charge in [-0.15, -0.1) is 0 Å². The van der Waals surface area contributed by atoms with Gasteiger partial charge in [-0.3, -0.25) is 4.79 Å². The molecule has 5 nitrogen and oxygen atoms in total. The van der Waals surface area contributed by atoms with Crippen molar-refractivity contribution in [2.24, 2.45) is 0 Å². The quantitative estimate of drug-likeness (QED) is 0.577. The van der Waals surface area contributed by atoms with Gasteiger partial charge in [0, 0.05) is 13.0 Å². The second kappa shape index (κ2) is 9.21. The Hall–Kier alpha value is -2.82. The maximum Gasteiger partial charge on any atom is 0.220 e. The Morgan fingerprint density at radius 2 is 1.89 bits per heavy atom. The first-order valence-electron chi connectivity index (χ1n) is 9.58. The van der Waals surface area contributed by atoms with Crippen LogP contribution in [0.4, 0.5) is 0 Å². The summed E-state index contributed by atoms with van der Waals surface area (Å²) < 4.78 is 8.09. The molecule has 0 aliphatic carbocycles. The van der Waals surface area contributed by atoms with Crippen molar-refractivity contribution in [2.75, 3.05) is 6.61 Å². The first-order valence-corrected chi connectivity index (χ1v) is 9.58. The summed E-state index contributed by atoms with van der Waals surface area (Å²) in [5.74, 6) is 1.90. The number of nitrogens with zero attached hydrogens (tertiary/aromatic N) is 2. The van der Waals surface area contributed by atoms with Crippen molar-refractivity contribution in [3.05, 3.63) is 59.9 Å². The smallest absolute Gasteiger partial charge is 0.220 e. The van der Waals surface area contributed by atoms with Crippen LogP contribution < -0.4 is 10.1 Å². The average Bonchev–Trinajstić information content (AvgIpc) is 3.05. The van der Waals surface area contributed by atoms with Gasteiger partial charge in [0.25, 0.3) is 0 Å². The largest absolute Gasteiger partial charge is 0.493 e. The predicted octanol–water partition coefficient (Wildman–Crippen LogP) is 4.23. The Balaban J connectivity index is 1.59. The maximum atomic E-state index is 11.6. The Morgan fingerprint density at radius 1 is 1.11 bits per heavy atom. The lowest BCUT2D eigenvalue weighted by Gasteiger charge is -2.11. The zero-order valence-corrected chi connectivity index (χ0v) is 16.1. The summed E-state index contributed by atoms with van der Waals surface area (Å²) in [6.45, 7) is 5.92. The summed E-state index contributed by atoms with van der Waals surface area (Å²) >= 11 is 0. The number of imidazole rings is 1. The van der Waals surface area contributed by atoms with Crippen LogP contribution in [0.2, 0.25) is 0 Å². The lowest BCUT2D eigenvalue weighted by molar-refractivity contribution is -0.120. The van der Waals surface area contributed by atoms with Crippen LogP contribution in [-0.2, 0) is 17.9 Å². The molecule has 1 heterocycles. The molecular weight excluding hydrogens is 338 g/mol. The van der Waals surface area contributed by atoms with E-state index in [1.54, 1.807) is 0 Å². The van der Waals surface area contributed by atoms with Gasteiger partial charge in [0.15, 0.2) is 0 Å². The zero-order valence-electron chi connectivity index (χ0n) is 16.1. The summed E-state index contributed by atoms with van der Waals surface area (Å²) in [4.78, 5) is 16.3. The first-order chi connectivity index (χ1) is 13.2. The highest BCUT2D eigenvalue weighted by atomic mass is 16.5. The number of aryl methyl sites for hydroxylation is 2. The van der Waals surface area contributed by atoms with E-state index in [2.05, 4.69) is 28.9 Å². The summed E-state index contributed by atoms with van der Waals surface area (Å²) in [6.07, 6.45) is 2.43. The van der Waals surface area contributed by atoms with Crippen molar-refractivity contribution in [1.82, 2.24) is 14.9 Å². The third kappa shape index (κ3) is 4.88. The minimum atomic E-state index is 0.0419. The van der Waals surface area contributed by atoms with E-state index in [4.69, 9.17) is 9.72 Å². The minimum Gasteiger partial charge on any atom is -0.493 e. The molecule has 5 heteroatoms. The van der Waals surface area contributed by atoms with Gasteiger partial charge in [0.2, 0.25) is 5.91 Å². The van der Waals surface area contributed by atoms with Crippen LogP contribution in [0.15, 0.2) is 48.5 Å².